The van der Waals surface area contributed by atoms with E-state index >= 15 is 0 Å². The molecule has 0 saturated heterocycles. The standard InChI is InChI=1S/C22H29ClN2O4S/c1-5-20(17-11-13-18(29-3)14-12-17)24-22(26)10-7-15-25(30(4,27)28)21-9-6-8-19(23)16(21)2/h6,8-9,11-14,20H,5,7,10,15H2,1-4H3,(H,24,26)/t20-/m0/s1. The maximum atomic E-state index is 12.5. The zero-order chi connectivity index (χ0) is 22.3. The van der Waals surface area contributed by atoms with E-state index in [-0.39, 0.29) is 24.9 Å². The molecule has 0 spiro atoms. The van der Waals surface area contributed by atoms with Crippen LogP contribution in [-0.4, -0.2) is 34.2 Å². The van der Waals surface area contributed by atoms with Gasteiger partial charge in [-0.2, -0.15) is 0 Å². The molecule has 0 unspecified atom stereocenters. The Kier molecular flexibility index (Phi) is 8.55. The first-order chi connectivity index (χ1) is 14.2. The zero-order valence-electron chi connectivity index (χ0n) is 17.8. The second-order valence-corrected chi connectivity index (χ2v) is 9.44. The maximum absolute atomic E-state index is 12.5. The molecule has 0 aromatic heterocycles. The Morgan fingerprint density at radius 3 is 2.43 bits per heavy atom. The van der Waals surface area contributed by atoms with Crippen molar-refractivity contribution in [2.24, 2.45) is 0 Å². The van der Waals surface area contributed by atoms with Crippen molar-refractivity contribution < 1.29 is 17.9 Å². The molecule has 0 bridgehead atoms. The molecule has 30 heavy (non-hydrogen) atoms. The van der Waals surface area contributed by atoms with Crippen LogP contribution in [0.2, 0.25) is 5.02 Å². The fourth-order valence-electron chi connectivity index (χ4n) is 3.24. The van der Waals surface area contributed by atoms with Gasteiger partial charge in [0, 0.05) is 18.0 Å². The number of halogens is 1. The van der Waals surface area contributed by atoms with Crippen LogP contribution in [0.25, 0.3) is 0 Å². The van der Waals surface area contributed by atoms with E-state index in [0.29, 0.717) is 22.7 Å². The first-order valence-corrected chi connectivity index (χ1v) is 12.1. The molecule has 0 heterocycles. The average molecular weight is 453 g/mol. The Morgan fingerprint density at radius 2 is 1.87 bits per heavy atom. The van der Waals surface area contributed by atoms with Gasteiger partial charge >= 0.3 is 0 Å². The van der Waals surface area contributed by atoms with Gasteiger partial charge in [-0.25, -0.2) is 8.42 Å². The molecule has 1 amide bonds. The molecular formula is C22H29ClN2O4S. The van der Waals surface area contributed by atoms with E-state index in [2.05, 4.69) is 5.32 Å². The first kappa shape index (κ1) is 24.0. The molecule has 164 valence electrons. The summed E-state index contributed by atoms with van der Waals surface area (Å²) in [6.45, 7) is 3.98. The monoisotopic (exact) mass is 452 g/mol. The number of methoxy groups -OCH3 is 1. The van der Waals surface area contributed by atoms with E-state index in [1.54, 1.807) is 32.2 Å². The molecule has 0 aliphatic heterocycles. The summed E-state index contributed by atoms with van der Waals surface area (Å²) >= 11 is 6.15. The van der Waals surface area contributed by atoms with Crippen molar-refractivity contribution in [1.29, 1.82) is 0 Å². The Balaban J connectivity index is 2.00. The minimum absolute atomic E-state index is 0.107. The van der Waals surface area contributed by atoms with Crippen molar-refractivity contribution in [2.45, 2.75) is 39.2 Å². The third-order valence-electron chi connectivity index (χ3n) is 4.93. The second kappa shape index (κ2) is 10.7. The molecule has 1 atom stereocenters. The van der Waals surface area contributed by atoms with Crippen molar-refractivity contribution in [3.05, 3.63) is 58.6 Å². The van der Waals surface area contributed by atoms with Crippen molar-refractivity contribution in [2.75, 3.05) is 24.2 Å². The molecule has 8 heteroatoms. The molecule has 1 N–H and O–H groups in total. The number of benzene rings is 2. The SMILES string of the molecule is CC[C@H](NC(=O)CCCN(c1cccc(Cl)c1C)S(C)(=O)=O)c1ccc(OC)cc1. The third kappa shape index (κ3) is 6.37. The number of carbonyl (C=O) groups is 1. The second-order valence-electron chi connectivity index (χ2n) is 7.12. The fraction of sp³-hybridized carbons (Fsp3) is 0.409. The van der Waals surface area contributed by atoms with Crippen LogP contribution < -0.4 is 14.4 Å². The van der Waals surface area contributed by atoms with E-state index in [9.17, 15) is 13.2 Å². The fourth-order valence-corrected chi connectivity index (χ4v) is 4.42. The summed E-state index contributed by atoms with van der Waals surface area (Å²) < 4.78 is 31.1. The number of amides is 1. The van der Waals surface area contributed by atoms with Gasteiger partial charge in [-0.15, -0.1) is 0 Å². The number of carbonyl (C=O) groups excluding carboxylic acids is 1. The quantitative estimate of drug-likeness (QED) is 0.577. The Labute approximate surface area is 184 Å². The summed E-state index contributed by atoms with van der Waals surface area (Å²) in [7, 11) is -1.89. The first-order valence-electron chi connectivity index (χ1n) is 9.83. The average Bonchev–Trinajstić information content (AvgIpc) is 2.71. The maximum Gasteiger partial charge on any atom is 0.232 e. The number of nitrogens with zero attached hydrogens (tertiary/aromatic N) is 1. The molecule has 2 rings (SSSR count). The van der Waals surface area contributed by atoms with Crippen LogP contribution in [-0.2, 0) is 14.8 Å². The van der Waals surface area contributed by atoms with Crippen molar-refractivity contribution in [3.63, 3.8) is 0 Å². The minimum Gasteiger partial charge on any atom is -0.497 e. The van der Waals surface area contributed by atoms with Gasteiger partial charge in [0.1, 0.15) is 5.75 Å². The lowest BCUT2D eigenvalue weighted by Gasteiger charge is -2.25. The summed E-state index contributed by atoms with van der Waals surface area (Å²) in [5.74, 6) is 0.644. The topological polar surface area (TPSA) is 75.7 Å². The van der Waals surface area contributed by atoms with Crippen LogP contribution in [0.15, 0.2) is 42.5 Å². The molecule has 0 aliphatic carbocycles. The van der Waals surface area contributed by atoms with Crippen LogP contribution in [0, 0.1) is 6.92 Å². The molecule has 2 aromatic carbocycles. The lowest BCUT2D eigenvalue weighted by Crippen LogP contribution is -2.33. The van der Waals surface area contributed by atoms with Crippen molar-refractivity contribution >= 4 is 33.2 Å². The zero-order valence-corrected chi connectivity index (χ0v) is 19.4. The van der Waals surface area contributed by atoms with Gasteiger partial charge in [0.15, 0.2) is 0 Å². The number of hydrogen-bond acceptors (Lipinski definition) is 4. The van der Waals surface area contributed by atoms with Crippen LogP contribution >= 0.6 is 11.6 Å². The Hall–Kier alpha value is -2.25. The lowest BCUT2D eigenvalue weighted by atomic mass is 10.0. The summed E-state index contributed by atoms with van der Waals surface area (Å²) in [5.41, 5.74) is 2.23. The number of hydrogen-bond donors (Lipinski definition) is 1. The highest BCUT2D eigenvalue weighted by Crippen LogP contribution is 2.28. The number of anilines is 1. The van der Waals surface area contributed by atoms with Gasteiger partial charge in [0.25, 0.3) is 0 Å². The van der Waals surface area contributed by atoms with Gasteiger partial charge in [0.05, 0.1) is 25.1 Å². The highest BCUT2D eigenvalue weighted by atomic mass is 35.5. The van der Waals surface area contributed by atoms with Crippen molar-refractivity contribution in [1.82, 2.24) is 5.32 Å². The van der Waals surface area contributed by atoms with Crippen molar-refractivity contribution in [3.8, 4) is 5.75 Å². The van der Waals surface area contributed by atoms with E-state index in [0.717, 1.165) is 24.0 Å². The molecular weight excluding hydrogens is 424 g/mol. The molecule has 0 fully saturated rings. The van der Waals surface area contributed by atoms with E-state index in [4.69, 9.17) is 16.3 Å². The largest absolute Gasteiger partial charge is 0.497 e. The number of sulfonamides is 1. The van der Waals surface area contributed by atoms with Gasteiger partial charge in [-0.05, 0) is 55.2 Å². The predicted octanol–water partition coefficient (Wildman–Crippen LogP) is 4.47. The van der Waals surface area contributed by atoms with Crippen LogP contribution in [0.1, 0.15) is 43.4 Å². The number of rotatable bonds is 10. The Bertz CT molecular complexity index is 962. The highest BCUT2D eigenvalue weighted by molar-refractivity contribution is 7.92. The lowest BCUT2D eigenvalue weighted by molar-refractivity contribution is -0.121. The van der Waals surface area contributed by atoms with E-state index < -0.39 is 10.0 Å². The van der Waals surface area contributed by atoms with Crippen LogP contribution in [0.3, 0.4) is 0 Å². The smallest absolute Gasteiger partial charge is 0.232 e. The third-order valence-corrected chi connectivity index (χ3v) is 6.52. The minimum atomic E-state index is -3.50. The van der Waals surface area contributed by atoms with Gasteiger partial charge in [-0.1, -0.05) is 36.7 Å². The van der Waals surface area contributed by atoms with Gasteiger partial charge in [-0.3, -0.25) is 9.10 Å². The van der Waals surface area contributed by atoms with Crippen LogP contribution in [0.5, 0.6) is 5.75 Å². The summed E-state index contributed by atoms with van der Waals surface area (Å²) in [6.07, 6.45) is 2.52. The molecule has 0 radical (unpaired) electrons. The molecule has 0 aliphatic rings. The molecule has 2 aromatic rings. The van der Waals surface area contributed by atoms with Crippen LogP contribution in [0.4, 0.5) is 5.69 Å². The van der Waals surface area contributed by atoms with E-state index in [1.165, 1.54) is 4.31 Å². The summed E-state index contributed by atoms with van der Waals surface area (Å²) in [5, 5.41) is 3.53. The summed E-state index contributed by atoms with van der Waals surface area (Å²) in [4.78, 5) is 12.5. The predicted molar refractivity (Wildman–Crippen MR) is 122 cm³/mol. The Morgan fingerprint density at radius 1 is 1.20 bits per heavy atom. The number of nitrogens with one attached hydrogen (secondary N) is 1. The summed E-state index contributed by atoms with van der Waals surface area (Å²) in [6, 6.07) is 12.6. The normalized spacial score (nSPS) is 12.3. The van der Waals surface area contributed by atoms with Gasteiger partial charge in [0.2, 0.25) is 15.9 Å². The highest BCUT2D eigenvalue weighted by Gasteiger charge is 2.21. The molecule has 0 saturated carbocycles. The number of ether oxygens (including phenoxy) is 1. The van der Waals surface area contributed by atoms with E-state index in [1.807, 2.05) is 31.2 Å². The van der Waals surface area contributed by atoms with Gasteiger partial charge < -0.3 is 10.1 Å². The molecule has 6 nitrogen and oxygen atoms in total.